The van der Waals surface area contributed by atoms with Crippen molar-refractivity contribution < 1.29 is 9.47 Å². The first kappa shape index (κ1) is 15.1. The average Bonchev–Trinajstić information content (AvgIpc) is 2.90. The summed E-state index contributed by atoms with van der Waals surface area (Å²) < 4.78 is 10.4. The van der Waals surface area contributed by atoms with Gasteiger partial charge in [0.15, 0.2) is 17.5 Å². The SMILES string of the molecule is COc1ccc(NC(N)=NCc2ncc(C)s2)cc1OC. The second-order valence-electron chi connectivity index (χ2n) is 4.26. The maximum atomic E-state index is 5.87. The fourth-order valence-electron chi connectivity index (χ4n) is 1.73. The molecule has 0 aliphatic rings. The van der Waals surface area contributed by atoms with Gasteiger partial charge >= 0.3 is 0 Å². The molecule has 0 saturated heterocycles. The van der Waals surface area contributed by atoms with Gasteiger partial charge in [-0.2, -0.15) is 0 Å². The molecular formula is C14H18N4O2S. The fraction of sp³-hybridized carbons (Fsp3) is 0.286. The number of thiazole rings is 1. The van der Waals surface area contributed by atoms with Crippen LogP contribution in [0.4, 0.5) is 5.69 Å². The van der Waals surface area contributed by atoms with E-state index in [1.165, 1.54) is 0 Å². The van der Waals surface area contributed by atoms with Crippen LogP contribution in [-0.2, 0) is 6.54 Å². The molecule has 0 radical (unpaired) electrons. The van der Waals surface area contributed by atoms with Gasteiger partial charge in [0.05, 0.1) is 20.8 Å². The number of ether oxygens (including phenoxy) is 2. The van der Waals surface area contributed by atoms with Crippen molar-refractivity contribution in [2.75, 3.05) is 19.5 Å². The molecule has 0 aliphatic carbocycles. The van der Waals surface area contributed by atoms with E-state index in [0.29, 0.717) is 24.0 Å². The van der Waals surface area contributed by atoms with Crippen LogP contribution >= 0.6 is 11.3 Å². The van der Waals surface area contributed by atoms with Crippen molar-refractivity contribution in [3.8, 4) is 11.5 Å². The minimum atomic E-state index is 0.329. The summed E-state index contributed by atoms with van der Waals surface area (Å²) in [4.78, 5) is 9.66. The van der Waals surface area contributed by atoms with Crippen LogP contribution in [-0.4, -0.2) is 25.2 Å². The fourth-order valence-corrected chi connectivity index (χ4v) is 2.44. The number of guanidine groups is 1. The first-order valence-electron chi connectivity index (χ1n) is 6.32. The van der Waals surface area contributed by atoms with Crippen LogP contribution in [0.15, 0.2) is 29.4 Å². The number of methoxy groups -OCH3 is 2. The van der Waals surface area contributed by atoms with Crippen LogP contribution in [0, 0.1) is 6.92 Å². The molecule has 6 nitrogen and oxygen atoms in total. The van der Waals surface area contributed by atoms with Gasteiger partial charge in [0, 0.05) is 22.8 Å². The third-order valence-corrected chi connectivity index (χ3v) is 3.61. The normalized spacial score (nSPS) is 11.3. The van der Waals surface area contributed by atoms with E-state index in [9.17, 15) is 0 Å². The lowest BCUT2D eigenvalue weighted by Crippen LogP contribution is -2.22. The van der Waals surface area contributed by atoms with E-state index in [2.05, 4.69) is 15.3 Å². The molecule has 0 atom stereocenters. The number of hydrogen-bond donors (Lipinski definition) is 2. The largest absolute Gasteiger partial charge is 0.493 e. The van der Waals surface area contributed by atoms with Gasteiger partial charge in [-0.25, -0.2) is 9.98 Å². The Hall–Kier alpha value is -2.28. The maximum absolute atomic E-state index is 5.87. The van der Waals surface area contributed by atoms with Crippen LogP contribution in [0.3, 0.4) is 0 Å². The summed E-state index contributed by atoms with van der Waals surface area (Å²) >= 11 is 1.61. The maximum Gasteiger partial charge on any atom is 0.193 e. The summed E-state index contributed by atoms with van der Waals surface area (Å²) in [6.07, 6.45) is 1.83. The van der Waals surface area contributed by atoms with Gasteiger partial charge in [-0.1, -0.05) is 0 Å². The van der Waals surface area contributed by atoms with Gasteiger partial charge in [0.1, 0.15) is 5.01 Å². The highest BCUT2D eigenvalue weighted by atomic mass is 32.1. The van der Waals surface area contributed by atoms with E-state index in [4.69, 9.17) is 15.2 Å². The lowest BCUT2D eigenvalue weighted by atomic mass is 10.3. The van der Waals surface area contributed by atoms with Crippen LogP contribution in [0.2, 0.25) is 0 Å². The minimum absolute atomic E-state index is 0.329. The number of rotatable bonds is 5. The Balaban J connectivity index is 2.03. The highest BCUT2D eigenvalue weighted by molar-refractivity contribution is 7.11. The number of anilines is 1. The third-order valence-electron chi connectivity index (χ3n) is 2.71. The van der Waals surface area contributed by atoms with Crippen molar-refractivity contribution in [2.45, 2.75) is 13.5 Å². The van der Waals surface area contributed by atoms with Gasteiger partial charge in [0.25, 0.3) is 0 Å². The zero-order valence-electron chi connectivity index (χ0n) is 12.2. The number of aromatic nitrogens is 1. The molecule has 7 heteroatoms. The quantitative estimate of drug-likeness (QED) is 0.655. The molecular weight excluding hydrogens is 288 g/mol. The van der Waals surface area contributed by atoms with Crippen molar-refractivity contribution in [3.05, 3.63) is 34.3 Å². The van der Waals surface area contributed by atoms with Gasteiger partial charge in [-0.3, -0.25) is 0 Å². The zero-order chi connectivity index (χ0) is 15.2. The van der Waals surface area contributed by atoms with Crippen molar-refractivity contribution in [1.29, 1.82) is 0 Å². The van der Waals surface area contributed by atoms with Crippen LogP contribution in [0.1, 0.15) is 9.88 Å². The predicted molar refractivity (Wildman–Crippen MR) is 85.3 cm³/mol. The number of nitrogens with one attached hydrogen (secondary N) is 1. The molecule has 2 aromatic rings. The highest BCUT2D eigenvalue weighted by Crippen LogP contribution is 2.29. The van der Waals surface area contributed by atoms with E-state index < -0.39 is 0 Å². The van der Waals surface area contributed by atoms with E-state index in [-0.39, 0.29) is 0 Å². The van der Waals surface area contributed by atoms with E-state index in [1.54, 1.807) is 37.7 Å². The van der Waals surface area contributed by atoms with Gasteiger partial charge in [-0.15, -0.1) is 11.3 Å². The second-order valence-corrected chi connectivity index (χ2v) is 5.58. The Morgan fingerprint density at radius 2 is 2.10 bits per heavy atom. The van der Waals surface area contributed by atoms with Gasteiger partial charge < -0.3 is 20.5 Å². The summed E-state index contributed by atoms with van der Waals surface area (Å²) in [7, 11) is 3.18. The molecule has 2 rings (SSSR count). The summed E-state index contributed by atoms with van der Waals surface area (Å²) in [5, 5.41) is 3.95. The van der Waals surface area contributed by atoms with Crippen molar-refractivity contribution in [1.82, 2.24) is 4.98 Å². The van der Waals surface area contributed by atoms with Crippen LogP contribution in [0.25, 0.3) is 0 Å². The molecule has 0 fully saturated rings. The molecule has 112 valence electrons. The standard InChI is InChI=1S/C14H18N4O2S/c1-9-7-16-13(21-9)8-17-14(15)18-10-4-5-11(19-2)12(6-10)20-3/h4-7H,8H2,1-3H3,(H3,15,17,18). The molecule has 21 heavy (non-hydrogen) atoms. The number of nitrogens with zero attached hydrogens (tertiary/aromatic N) is 2. The molecule has 1 aromatic heterocycles. The summed E-state index contributed by atoms with van der Waals surface area (Å²) in [5.74, 6) is 1.62. The molecule has 3 N–H and O–H groups in total. The van der Waals surface area contributed by atoms with Gasteiger partial charge in [0.2, 0.25) is 0 Å². The second kappa shape index (κ2) is 6.94. The lowest BCUT2D eigenvalue weighted by molar-refractivity contribution is 0.355. The van der Waals surface area contributed by atoms with Crippen molar-refractivity contribution in [2.24, 2.45) is 10.7 Å². The Bertz CT molecular complexity index is 640. The van der Waals surface area contributed by atoms with E-state index in [0.717, 1.165) is 15.6 Å². The average molecular weight is 306 g/mol. The Labute approximate surface area is 127 Å². The molecule has 0 unspecified atom stereocenters. The number of nitrogens with two attached hydrogens (primary N) is 1. The number of benzene rings is 1. The van der Waals surface area contributed by atoms with E-state index in [1.807, 2.05) is 19.2 Å². The molecule has 0 amide bonds. The molecule has 1 heterocycles. The zero-order valence-corrected chi connectivity index (χ0v) is 13.0. The van der Waals surface area contributed by atoms with Crippen molar-refractivity contribution in [3.63, 3.8) is 0 Å². The third kappa shape index (κ3) is 4.09. The number of aliphatic imine (C=N–C) groups is 1. The van der Waals surface area contributed by atoms with Crippen LogP contribution < -0.4 is 20.5 Å². The number of aryl methyl sites for hydroxylation is 1. The van der Waals surface area contributed by atoms with E-state index >= 15 is 0 Å². The minimum Gasteiger partial charge on any atom is -0.493 e. The van der Waals surface area contributed by atoms with Gasteiger partial charge in [-0.05, 0) is 19.1 Å². The van der Waals surface area contributed by atoms with Crippen LogP contribution in [0.5, 0.6) is 11.5 Å². The lowest BCUT2D eigenvalue weighted by Gasteiger charge is -2.10. The smallest absolute Gasteiger partial charge is 0.193 e. The summed E-state index contributed by atoms with van der Waals surface area (Å²) in [6, 6.07) is 5.45. The topological polar surface area (TPSA) is 81.8 Å². The molecule has 0 aliphatic heterocycles. The predicted octanol–water partition coefficient (Wildman–Crippen LogP) is 2.40. The summed E-state index contributed by atoms with van der Waals surface area (Å²) in [5.41, 5.74) is 6.65. The Kier molecular flexibility index (Phi) is 4.99. The Morgan fingerprint density at radius 3 is 2.71 bits per heavy atom. The highest BCUT2D eigenvalue weighted by Gasteiger charge is 2.05. The monoisotopic (exact) mass is 306 g/mol. The first-order chi connectivity index (χ1) is 10.1. The summed E-state index contributed by atoms with van der Waals surface area (Å²) in [6.45, 7) is 2.47. The Morgan fingerprint density at radius 1 is 1.33 bits per heavy atom. The molecule has 0 spiro atoms. The molecule has 1 aromatic carbocycles. The first-order valence-corrected chi connectivity index (χ1v) is 7.14. The van der Waals surface area contributed by atoms with Crippen molar-refractivity contribution >= 4 is 23.0 Å². The molecule has 0 bridgehead atoms. The number of hydrogen-bond acceptors (Lipinski definition) is 5. The molecule has 0 saturated carbocycles.